The number of nitrogens with zero attached hydrogens (tertiary/aromatic N) is 2. The Hall–Kier alpha value is -6.06. The molecular formula is C46H34N2O. The third-order valence-electron chi connectivity index (χ3n) is 10.3. The van der Waals surface area contributed by atoms with Gasteiger partial charge in [0, 0.05) is 32.6 Å². The molecule has 10 rings (SSSR count). The lowest BCUT2D eigenvalue weighted by molar-refractivity contribution is 0.669. The topological polar surface area (TPSA) is 23.0 Å². The lowest BCUT2D eigenvalue weighted by atomic mass is 10.0. The molecule has 0 N–H and O–H groups in total. The van der Waals surface area contributed by atoms with Gasteiger partial charge >= 0.3 is 0 Å². The van der Waals surface area contributed by atoms with Gasteiger partial charge in [-0.2, -0.15) is 0 Å². The van der Waals surface area contributed by atoms with Crippen LogP contribution in [0.1, 0.15) is 25.3 Å². The molecule has 0 spiro atoms. The van der Waals surface area contributed by atoms with E-state index in [0.29, 0.717) is 0 Å². The number of aryl methyl sites for hydroxylation is 1. The zero-order valence-corrected chi connectivity index (χ0v) is 27.4. The summed E-state index contributed by atoms with van der Waals surface area (Å²) < 4.78 is 11.3. The molecule has 0 atom stereocenters. The highest BCUT2D eigenvalue weighted by molar-refractivity contribution is 6.27. The number of furan rings is 1. The van der Waals surface area contributed by atoms with E-state index >= 15 is 0 Å². The zero-order valence-electron chi connectivity index (χ0n) is 27.4. The number of hydrogen-bond acceptors (Lipinski definition) is 1. The van der Waals surface area contributed by atoms with Gasteiger partial charge in [0.1, 0.15) is 11.2 Å². The van der Waals surface area contributed by atoms with E-state index in [1.165, 1.54) is 73.1 Å². The average molecular weight is 631 g/mol. The van der Waals surface area contributed by atoms with E-state index in [1.807, 2.05) is 6.07 Å². The Balaban J connectivity index is 1.25. The molecule has 0 unspecified atom stereocenters. The van der Waals surface area contributed by atoms with Crippen LogP contribution in [0.25, 0.3) is 88.1 Å². The van der Waals surface area contributed by atoms with Crippen molar-refractivity contribution in [3.05, 3.63) is 157 Å². The van der Waals surface area contributed by atoms with Crippen LogP contribution in [0, 0.1) is 0 Å². The van der Waals surface area contributed by atoms with E-state index in [-0.39, 0.29) is 0 Å². The van der Waals surface area contributed by atoms with E-state index in [2.05, 4.69) is 162 Å². The molecule has 234 valence electrons. The van der Waals surface area contributed by atoms with Gasteiger partial charge in [-0.1, -0.05) is 116 Å². The summed E-state index contributed by atoms with van der Waals surface area (Å²) in [6, 6.07) is 55.2. The predicted octanol–water partition coefficient (Wildman–Crippen LogP) is 12.8. The van der Waals surface area contributed by atoms with E-state index in [4.69, 9.17) is 4.42 Å². The van der Waals surface area contributed by atoms with Gasteiger partial charge in [-0.05, 0) is 78.1 Å². The summed E-state index contributed by atoms with van der Waals surface area (Å²) in [7, 11) is 0. The molecule has 7 aromatic carbocycles. The second kappa shape index (κ2) is 11.0. The molecule has 3 heterocycles. The van der Waals surface area contributed by atoms with Crippen molar-refractivity contribution in [3.8, 4) is 22.5 Å². The Kier molecular flexibility index (Phi) is 6.29. The van der Waals surface area contributed by atoms with Crippen molar-refractivity contribution in [2.75, 3.05) is 0 Å². The van der Waals surface area contributed by atoms with Crippen LogP contribution in [0.4, 0.5) is 0 Å². The second-order valence-corrected chi connectivity index (χ2v) is 13.2. The smallest absolute Gasteiger partial charge is 0.137 e. The quantitative estimate of drug-likeness (QED) is 0.179. The van der Waals surface area contributed by atoms with Gasteiger partial charge in [0.05, 0.1) is 33.1 Å². The first-order chi connectivity index (χ1) is 24.3. The molecule has 0 fully saturated rings. The van der Waals surface area contributed by atoms with Crippen LogP contribution in [0.5, 0.6) is 0 Å². The first kappa shape index (κ1) is 28.0. The summed E-state index contributed by atoms with van der Waals surface area (Å²) >= 11 is 0. The highest BCUT2D eigenvalue weighted by atomic mass is 16.3. The molecule has 49 heavy (non-hydrogen) atoms. The van der Waals surface area contributed by atoms with Gasteiger partial charge < -0.3 is 13.6 Å². The molecule has 3 nitrogen and oxygen atoms in total. The molecule has 3 aromatic heterocycles. The molecule has 0 saturated carbocycles. The molecule has 0 radical (unpaired) electrons. The third kappa shape index (κ3) is 4.22. The van der Waals surface area contributed by atoms with Gasteiger partial charge in [-0.25, -0.2) is 0 Å². The van der Waals surface area contributed by atoms with Crippen molar-refractivity contribution < 1.29 is 4.42 Å². The zero-order chi connectivity index (χ0) is 32.5. The Morgan fingerprint density at radius 1 is 0.490 bits per heavy atom. The maximum Gasteiger partial charge on any atom is 0.137 e. The maximum atomic E-state index is 6.38. The fourth-order valence-corrected chi connectivity index (χ4v) is 8.07. The minimum atomic E-state index is 0.898. The van der Waals surface area contributed by atoms with Crippen molar-refractivity contribution in [1.82, 2.24) is 9.13 Å². The fraction of sp³-hybridized carbons (Fsp3) is 0.0870. The summed E-state index contributed by atoms with van der Waals surface area (Å²) in [6.45, 7) is 2.25. The van der Waals surface area contributed by atoms with Crippen LogP contribution in [-0.4, -0.2) is 9.13 Å². The average Bonchev–Trinajstić information content (AvgIpc) is 3.82. The Morgan fingerprint density at radius 3 is 2.04 bits per heavy atom. The molecule has 0 aliphatic rings. The van der Waals surface area contributed by atoms with E-state index in [9.17, 15) is 0 Å². The SMILES string of the molecule is CCCCc1cccc(-c2ccc(-n3c4ccccc4c4c3ccc3c5ccccc5n(-c5cccc6oc7ccccc7c56)c34)cc2)c1. The number of benzene rings is 7. The van der Waals surface area contributed by atoms with Crippen LogP contribution in [0.15, 0.2) is 156 Å². The normalized spacial score (nSPS) is 12.0. The van der Waals surface area contributed by atoms with E-state index in [1.54, 1.807) is 0 Å². The molecule has 10 aromatic rings. The van der Waals surface area contributed by atoms with Gasteiger partial charge in [0.2, 0.25) is 0 Å². The monoisotopic (exact) mass is 630 g/mol. The summed E-state index contributed by atoms with van der Waals surface area (Å²) in [5.74, 6) is 0. The van der Waals surface area contributed by atoms with Crippen molar-refractivity contribution in [1.29, 1.82) is 0 Å². The molecular weight excluding hydrogens is 597 g/mol. The van der Waals surface area contributed by atoms with Gasteiger partial charge in [-0.15, -0.1) is 0 Å². The number of rotatable bonds is 6. The summed E-state index contributed by atoms with van der Waals surface area (Å²) in [5.41, 5.74) is 12.8. The van der Waals surface area contributed by atoms with Crippen LogP contribution >= 0.6 is 0 Å². The summed E-state index contributed by atoms with van der Waals surface area (Å²) in [6.07, 6.45) is 3.55. The van der Waals surface area contributed by atoms with Crippen LogP contribution in [-0.2, 0) is 6.42 Å². The van der Waals surface area contributed by atoms with Gasteiger partial charge in [0.15, 0.2) is 0 Å². The van der Waals surface area contributed by atoms with Crippen LogP contribution in [0.3, 0.4) is 0 Å². The van der Waals surface area contributed by atoms with Crippen molar-refractivity contribution in [2.24, 2.45) is 0 Å². The predicted molar refractivity (Wildman–Crippen MR) is 206 cm³/mol. The summed E-state index contributed by atoms with van der Waals surface area (Å²) in [4.78, 5) is 0. The van der Waals surface area contributed by atoms with Crippen LogP contribution < -0.4 is 0 Å². The summed E-state index contributed by atoms with van der Waals surface area (Å²) in [5, 5.41) is 7.24. The van der Waals surface area contributed by atoms with Crippen molar-refractivity contribution >= 4 is 65.6 Å². The Morgan fingerprint density at radius 2 is 1.20 bits per heavy atom. The third-order valence-corrected chi connectivity index (χ3v) is 10.3. The van der Waals surface area contributed by atoms with Gasteiger partial charge in [-0.3, -0.25) is 0 Å². The first-order valence-corrected chi connectivity index (χ1v) is 17.3. The minimum Gasteiger partial charge on any atom is -0.456 e. The standard InChI is InChI=1S/C46H34N2O/c1-2-3-12-30-13-10-14-32(29-30)31-23-25-33(26-24-31)47-39-19-8-5-16-36(39)45-41(47)28-27-35-34-15-4-7-18-38(34)48(46(35)45)40-20-11-22-43-44(40)37-17-6-9-21-42(37)49-43/h4-11,13-29H,2-3,12H2,1H3. The highest BCUT2D eigenvalue weighted by Gasteiger charge is 2.22. The fourth-order valence-electron chi connectivity index (χ4n) is 8.07. The van der Waals surface area contributed by atoms with Crippen LogP contribution in [0.2, 0.25) is 0 Å². The lowest BCUT2D eigenvalue weighted by Gasteiger charge is -2.12. The molecule has 0 aliphatic heterocycles. The van der Waals surface area contributed by atoms with Crippen molar-refractivity contribution in [2.45, 2.75) is 26.2 Å². The largest absolute Gasteiger partial charge is 0.456 e. The number of hydrogen-bond donors (Lipinski definition) is 0. The Bertz CT molecular complexity index is 2860. The highest BCUT2D eigenvalue weighted by Crippen LogP contribution is 2.44. The molecule has 3 heteroatoms. The van der Waals surface area contributed by atoms with E-state index < -0.39 is 0 Å². The molecule has 0 amide bonds. The molecule has 0 aliphatic carbocycles. The molecule has 0 saturated heterocycles. The maximum absolute atomic E-state index is 6.38. The van der Waals surface area contributed by atoms with E-state index in [0.717, 1.165) is 39.7 Å². The van der Waals surface area contributed by atoms with Crippen molar-refractivity contribution in [3.63, 3.8) is 0 Å². The van der Waals surface area contributed by atoms with Gasteiger partial charge in [0.25, 0.3) is 0 Å². The molecule has 0 bridgehead atoms. The Labute approximate surface area is 284 Å². The number of fused-ring (bicyclic) bond motifs is 10. The lowest BCUT2D eigenvalue weighted by Crippen LogP contribution is -1.96. The number of unbranched alkanes of at least 4 members (excludes halogenated alkanes) is 1. The first-order valence-electron chi connectivity index (χ1n) is 17.3. The number of aromatic nitrogens is 2. The second-order valence-electron chi connectivity index (χ2n) is 13.2. The number of para-hydroxylation sites is 3. The minimum absolute atomic E-state index is 0.898.